The second-order valence-corrected chi connectivity index (χ2v) is 12.9. The molecular formula is C45H44Cl2N4O4. The highest BCUT2D eigenvalue weighted by Gasteiger charge is 2.09. The minimum Gasteiger partial charge on any atom is -0.399 e. The van der Waals surface area contributed by atoms with Crippen molar-refractivity contribution in [3.8, 4) is 0 Å². The van der Waals surface area contributed by atoms with Crippen LogP contribution in [-0.2, 0) is 12.8 Å². The summed E-state index contributed by atoms with van der Waals surface area (Å²) in [5, 5.41) is 4.78. The summed E-state index contributed by atoms with van der Waals surface area (Å²) in [6, 6.07) is 44.7. The Kier molecular flexibility index (Phi) is 16.9. The Bertz CT molecular complexity index is 2120. The van der Waals surface area contributed by atoms with Gasteiger partial charge >= 0.3 is 0 Å². The minimum absolute atomic E-state index is 0. The highest BCUT2D eigenvalue weighted by atomic mass is 35.5. The quantitative estimate of drug-likeness (QED) is 0.0616. The number of carbonyl (C=O) groups is 4. The van der Waals surface area contributed by atoms with Crippen molar-refractivity contribution < 1.29 is 19.2 Å². The van der Waals surface area contributed by atoms with Gasteiger partial charge in [-0.2, -0.15) is 0 Å². The van der Waals surface area contributed by atoms with E-state index in [0.717, 1.165) is 35.6 Å². The van der Waals surface area contributed by atoms with E-state index in [4.69, 9.17) is 34.7 Å². The minimum atomic E-state index is -0.602. The molecule has 1 amide bonds. The zero-order valence-electron chi connectivity index (χ0n) is 29.8. The van der Waals surface area contributed by atoms with Crippen molar-refractivity contribution in [3.05, 3.63) is 190 Å². The maximum atomic E-state index is 12.4. The second-order valence-electron chi connectivity index (χ2n) is 12.2. The zero-order valence-corrected chi connectivity index (χ0v) is 31.3. The zero-order chi connectivity index (χ0) is 39.0. The van der Waals surface area contributed by atoms with E-state index in [2.05, 4.69) is 34.9 Å². The molecule has 0 aromatic heterocycles. The summed E-state index contributed by atoms with van der Waals surface area (Å²) in [5.74, 6) is -0.287. The van der Waals surface area contributed by atoms with Crippen LogP contribution in [0.25, 0.3) is 0 Å². The van der Waals surface area contributed by atoms with Gasteiger partial charge < -0.3 is 22.1 Å². The van der Waals surface area contributed by atoms with E-state index in [1.807, 2.05) is 79.8 Å². The molecule has 6 aromatic rings. The molecule has 6 N–H and O–H groups in total. The van der Waals surface area contributed by atoms with Gasteiger partial charge in [-0.25, -0.2) is 0 Å². The average Bonchev–Trinajstić information content (AvgIpc) is 3.18. The number of benzene rings is 6. The number of hydrogen-bond acceptors (Lipinski definition) is 7. The Balaban J connectivity index is 0.000000244. The van der Waals surface area contributed by atoms with E-state index in [9.17, 15) is 19.2 Å². The molecule has 6 rings (SSSR count). The molecule has 0 aliphatic rings. The van der Waals surface area contributed by atoms with Crippen molar-refractivity contribution in [2.75, 3.05) is 29.1 Å². The summed E-state index contributed by atoms with van der Waals surface area (Å²) >= 11 is 10.4. The Morgan fingerprint density at radius 3 is 1.24 bits per heavy atom. The molecule has 0 bridgehead atoms. The van der Waals surface area contributed by atoms with Crippen LogP contribution >= 0.6 is 23.2 Å². The summed E-state index contributed by atoms with van der Waals surface area (Å²) < 4.78 is 0. The van der Waals surface area contributed by atoms with Gasteiger partial charge in [-0.05, 0) is 132 Å². The SMILES string of the molecule is C.CNc1ccc(Cc2ccc(NC(=O)c3cccc(C(C)=O)c3)cc2)cc1.Nc1ccc(Cc2ccc(N)cc2)cc1.O=C(Cl)c1cccc(C(=O)Cl)c1. The first kappa shape index (κ1) is 43.2. The van der Waals surface area contributed by atoms with Gasteiger partial charge in [-0.15, -0.1) is 0 Å². The summed E-state index contributed by atoms with van der Waals surface area (Å²) in [7, 11) is 1.90. The maximum Gasteiger partial charge on any atom is 0.255 e. The molecule has 10 heteroatoms. The number of halogens is 2. The predicted octanol–water partition coefficient (Wildman–Crippen LogP) is 10.3. The van der Waals surface area contributed by atoms with Gasteiger partial charge in [0.25, 0.3) is 16.4 Å². The maximum absolute atomic E-state index is 12.4. The molecule has 0 radical (unpaired) electrons. The monoisotopic (exact) mass is 774 g/mol. The summed E-state index contributed by atoms with van der Waals surface area (Å²) in [4.78, 5) is 45.1. The number of carbonyl (C=O) groups excluding carboxylic acids is 4. The molecule has 0 saturated heterocycles. The topological polar surface area (TPSA) is 144 Å². The number of hydrogen-bond donors (Lipinski definition) is 4. The lowest BCUT2D eigenvalue weighted by Crippen LogP contribution is -2.12. The van der Waals surface area contributed by atoms with Crippen LogP contribution in [0, 0.1) is 0 Å². The molecule has 6 aromatic carbocycles. The van der Waals surface area contributed by atoms with Gasteiger partial charge in [-0.3, -0.25) is 19.2 Å². The molecule has 0 aliphatic carbocycles. The largest absolute Gasteiger partial charge is 0.399 e. The fourth-order valence-electron chi connectivity index (χ4n) is 5.08. The Labute approximate surface area is 332 Å². The number of nitrogen functional groups attached to an aromatic ring is 2. The lowest BCUT2D eigenvalue weighted by molar-refractivity contribution is 0.101. The Hall–Kier alpha value is -6.22. The number of nitrogens with one attached hydrogen (secondary N) is 2. The first-order valence-electron chi connectivity index (χ1n) is 16.9. The van der Waals surface area contributed by atoms with E-state index in [-0.39, 0.29) is 30.2 Å². The van der Waals surface area contributed by atoms with Crippen LogP contribution in [0.15, 0.2) is 146 Å². The van der Waals surface area contributed by atoms with Crippen molar-refractivity contribution in [2.24, 2.45) is 0 Å². The first-order valence-corrected chi connectivity index (χ1v) is 17.6. The summed E-state index contributed by atoms with van der Waals surface area (Å²) in [5.41, 5.74) is 21.1. The standard InChI is InChI=1S/C23H22N2O2.C13H14N2.C8H4Cl2O2.CH4/c1-16(26)19-4-3-5-20(15-19)23(27)25-22-12-8-18(9-13-22)14-17-6-10-21(24-2)11-7-17;14-12-5-1-10(2-6-12)9-11-3-7-13(15)8-4-11;9-7(11)5-2-1-3-6(4-5)8(10)12;/h3-13,15,24H,14H2,1-2H3,(H,25,27);1-8H,9,14-15H2;1-4H;1H4. The van der Waals surface area contributed by atoms with Crippen molar-refractivity contribution in [1.82, 2.24) is 0 Å². The number of ketones is 1. The predicted molar refractivity (Wildman–Crippen MR) is 228 cm³/mol. The number of amides is 1. The summed E-state index contributed by atoms with van der Waals surface area (Å²) in [6.45, 7) is 1.49. The van der Waals surface area contributed by atoms with Gasteiger partial charge in [0.1, 0.15) is 0 Å². The Morgan fingerprint density at radius 1 is 0.509 bits per heavy atom. The van der Waals surface area contributed by atoms with E-state index >= 15 is 0 Å². The van der Waals surface area contributed by atoms with Crippen LogP contribution < -0.4 is 22.1 Å². The molecule has 0 atom stereocenters. The lowest BCUT2D eigenvalue weighted by Gasteiger charge is -2.08. The molecular weight excluding hydrogens is 731 g/mol. The van der Waals surface area contributed by atoms with Crippen molar-refractivity contribution in [2.45, 2.75) is 27.2 Å². The fraction of sp³-hybridized carbons (Fsp3) is 0.111. The fourth-order valence-corrected chi connectivity index (χ4v) is 5.32. The van der Waals surface area contributed by atoms with Crippen LogP contribution in [0.4, 0.5) is 22.7 Å². The normalized spacial score (nSPS) is 9.89. The molecule has 0 aliphatic heterocycles. The number of anilines is 4. The van der Waals surface area contributed by atoms with Gasteiger partial charge in [0.2, 0.25) is 0 Å². The lowest BCUT2D eigenvalue weighted by atomic mass is 10.0. The van der Waals surface area contributed by atoms with Gasteiger partial charge in [0, 0.05) is 52.1 Å². The number of Topliss-reactive ketones (excluding diaryl/α,β-unsaturated/α-hetero) is 1. The molecule has 0 saturated carbocycles. The first-order chi connectivity index (χ1) is 25.9. The van der Waals surface area contributed by atoms with E-state index in [0.29, 0.717) is 11.1 Å². The van der Waals surface area contributed by atoms with Gasteiger partial charge in [0.05, 0.1) is 0 Å². The van der Waals surface area contributed by atoms with E-state index in [1.54, 1.807) is 30.3 Å². The van der Waals surface area contributed by atoms with E-state index < -0.39 is 10.5 Å². The van der Waals surface area contributed by atoms with Crippen LogP contribution in [0.5, 0.6) is 0 Å². The van der Waals surface area contributed by atoms with Crippen LogP contribution in [0.3, 0.4) is 0 Å². The third-order valence-electron chi connectivity index (χ3n) is 8.08. The number of nitrogens with two attached hydrogens (primary N) is 2. The molecule has 8 nitrogen and oxygen atoms in total. The molecule has 55 heavy (non-hydrogen) atoms. The molecule has 0 unspecified atom stereocenters. The molecule has 282 valence electrons. The average molecular weight is 776 g/mol. The molecule has 0 fully saturated rings. The van der Waals surface area contributed by atoms with Crippen molar-refractivity contribution >= 4 is 68.1 Å². The van der Waals surface area contributed by atoms with Gasteiger partial charge in [0.15, 0.2) is 5.78 Å². The summed E-state index contributed by atoms with van der Waals surface area (Å²) in [6.07, 6.45) is 1.75. The number of rotatable bonds is 10. The van der Waals surface area contributed by atoms with E-state index in [1.165, 1.54) is 47.4 Å². The second kappa shape index (κ2) is 21.5. The van der Waals surface area contributed by atoms with Crippen molar-refractivity contribution in [3.63, 3.8) is 0 Å². The van der Waals surface area contributed by atoms with Crippen LogP contribution in [-0.4, -0.2) is 29.2 Å². The van der Waals surface area contributed by atoms with Crippen LogP contribution in [0.1, 0.15) is 78.0 Å². The highest BCUT2D eigenvalue weighted by Crippen LogP contribution is 2.18. The third kappa shape index (κ3) is 14.3. The highest BCUT2D eigenvalue weighted by molar-refractivity contribution is 6.69. The smallest absolute Gasteiger partial charge is 0.255 e. The van der Waals surface area contributed by atoms with Gasteiger partial charge in [-0.1, -0.05) is 86.3 Å². The van der Waals surface area contributed by atoms with Crippen LogP contribution in [0.2, 0.25) is 0 Å². The third-order valence-corrected chi connectivity index (χ3v) is 8.51. The molecule has 0 heterocycles. The van der Waals surface area contributed by atoms with Crippen molar-refractivity contribution in [1.29, 1.82) is 0 Å². The molecule has 0 spiro atoms. The Morgan fingerprint density at radius 2 is 0.855 bits per heavy atom.